The summed E-state index contributed by atoms with van der Waals surface area (Å²) in [6.45, 7) is 3.68. The van der Waals surface area contributed by atoms with E-state index in [0.29, 0.717) is 11.4 Å². The van der Waals surface area contributed by atoms with Crippen LogP contribution in [0.5, 0.6) is 0 Å². The molecule has 2 N–H and O–H groups in total. The number of anilines is 1. The minimum atomic E-state index is 0.0707. The first-order valence-corrected chi connectivity index (χ1v) is 9.86. The van der Waals surface area contributed by atoms with Crippen molar-refractivity contribution in [3.8, 4) is 11.3 Å². The molecule has 0 bridgehead atoms. The van der Waals surface area contributed by atoms with E-state index in [-0.39, 0.29) is 11.9 Å². The summed E-state index contributed by atoms with van der Waals surface area (Å²) >= 11 is 5.96. The number of aryl methyl sites for hydroxylation is 1. The molecule has 1 atom stereocenters. The van der Waals surface area contributed by atoms with Gasteiger partial charge in [0, 0.05) is 30.2 Å². The van der Waals surface area contributed by atoms with E-state index in [2.05, 4.69) is 26.5 Å². The number of amides is 1. The SMILES string of the molecule is Cc1cccc(CC(=O)N[C@@H]2CCN(c3cc(-c4ccc(Cl)cc4)[nH]n3)C2)c1. The van der Waals surface area contributed by atoms with Crippen LogP contribution in [0.4, 0.5) is 5.82 Å². The van der Waals surface area contributed by atoms with Crippen molar-refractivity contribution < 1.29 is 4.79 Å². The van der Waals surface area contributed by atoms with Crippen molar-refractivity contribution in [2.75, 3.05) is 18.0 Å². The third-order valence-corrected chi connectivity index (χ3v) is 5.30. The predicted octanol–water partition coefficient (Wildman–Crippen LogP) is 3.98. The third kappa shape index (κ3) is 4.37. The molecule has 0 saturated carbocycles. The Labute approximate surface area is 169 Å². The average Bonchev–Trinajstić information content (AvgIpc) is 3.32. The highest BCUT2D eigenvalue weighted by Gasteiger charge is 2.25. The normalized spacial score (nSPS) is 16.4. The van der Waals surface area contributed by atoms with E-state index in [4.69, 9.17) is 11.6 Å². The van der Waals surface area contributed by atoms with Gasteiger partial charge in [0.1, 0.15) is 0 Å². The van der Waals surface area contributed by atoms with Crippen LogP contribution in [0.3, 0.4) is 0 Å². The fourth-order valence-electron chi connectivity index (χ4n) is 3.62. The van der Waals surface area contributed by atoms with Crippen molar-refractivity contribution in [3.05, 3.63) is 70.7 Å². The smallest absolute Gasteiger partial charge is 0.224 e. The first kappa shape index (κ1) is 18.6. The maximum Gasteiger partial charge on any atom is 0.224 e. The quantitative estimate of drug-likeness (QED) is 0.688. The van der Waals surface area contributed by atoms with Crippen molar-refractivity contribution in [1.29, 1.82) is 0 Å². The van der Waals surface area contributed by atoms with Gasteiger partial charge in [-0.3, -0.25) is 9.89 Å². The molecule has 1 fully saturated rings. The second-order valence-corrected chi connectivity index (χ2v) is 7.75. The van der Waals surface area contributed by atoms with Crippen LogP contribution in [0, 0.1) is 6.92 Å². The molecule has 144 valence electrons. The lowest BCUT2D eigenvalue weighted by atomic mass is 10.1. The number of halogens is 1. The number of hydrogen-bond acceptors (Lipinski definition) is 3. The van der Waals surface area contributed by atoms with Gasteiger partial charge in [-0.05, 0) is 36.6 Å². The lowest BCUT2D eigenvalue weighted by Gasteiger charge is -2.16. The Morgan fingerprint density at radius 2 is 2.07 bits per heavy atom. The molecule has 1 amide bonds. The summed E-state index contributed by atoms with van der Waals surface area (Å²) in [6, 6.07) is 17.9. The molecule has 0 unspecified atom stereocenters. The summed E-state index contributed by atoms with van der Waals surface area (Å²) in [5.74, 6) is 0.974. The predicted molar refractivity (Wildman–Crippen MR) is 113 cm³/mol. The minimum Gasteiger partial charge on any atom is -0.353 e. The van der Waals surface area contributed by atoms with Crippen LogP contribution < -0.4 is 10.2 Å². The number of benzene rings is 2. The fourth-order valence-corrected chi connectivity index (χ4v) is 3.75. The lowest BCUT2D eigenvalue weighted by molar-refractivity contribution is -0.121. The molecule has 3 aromatic rings. The highest BCUT2D eigenvalue weighted by Crippen LogP contribution is 2.25. The number of rotatable bonds is 5. The second-order valence-electron chi connectivity index (χ2n) is 7.31. The van der Waals surface area contributed by atoms with E-state index in [1.807, 2.05) is 55.5 Å². The van der Waals surface area contributed by atoms with Crippen molar-refractivity contribution in [2.24, 2.45) is 0 Å². The van der Waals surface area contributed by atoms with Gasteiger partial charge in [-0.25, -0.2) is 0 Å². The Balaban J connectivity index is 1.34. The summed E-state index contributed by atoms with van der Waals surface area (Å²) in [5.41, 5.74) is 4.23. The average molecular weight is 395 g/mol. The molecule has 2 heterocycles. The molecule has 1 aromatic heterocycles. The van der Waals surface area contributed by atoms with Gasteiger partial charge < -0.3 is 10.2 Å². The largest absolute Gasteiger partial charge is 0.353 e. The number of aromatic amines is 1. The maximum atomic E-state index is 12.4. The Morgan fingerprint density at radius 1 is 1.25 bits per heavy atom. The molecule has 1 saturated heterocycles. The van der Waals surface area contributed by atoms with Crippen molar-refractivity contribution >= 4 is 23.3 Å². The summed E-state index contributed by atoms with van der Waals surface area (Å²) in [6.07, 6.45) is 1.34. The van der Waals surface area contributed by atoms with Gasteiger partial charge in [0.25, 0.3) is 0 Å². The molecule has 1 aliphatic rings. The molecule has 28 heavy (non-hydrogen) atoms. The van der Waals surface area contributed by atoms with Gasteiger partial charge in [-0.1, -0.05) is 53.6 Å². The molecule has 4 rings (SSSR count). The number of nitrogens with zero attached hydrogens (tertiary/aromatic N) is 2. The van der Waals surface area contributed by atoms with Gasteiger partial charge in [-0.15, -0.1) is 0 Å². The topological polar surface area (TPSA) is 61.0 Å². The standard InChI is InChI=1S/C22H23ClN4O/c1-15-3-2-4-16(11-15)12-22(28)24-19-9-10-27(14-19)21-13-20(25-26-21)17-5-7-18(23)8-6-17/h2-8,11,13,19H,9-10,12,14H2,1H3,(H,24,28)(H,25,26)/t19-/m1/s1. The number of hydrogen-bond donors (Lipinski definition) is 2. The number of carbonyl (C=O) groups excluding carboxylic acids is 1. The lowest BCUT2D eigenvalue weighted by Crippen LogP contribution is -2.38. The Kier molecular flexibility index (Phi) is 5.35. The molecule has 5 nitrogen and oxygen atoms in total. The van der Waals surface area contributed by atoms with Gasteiger partial charge >= 0.3 is 0 Å². The molecule has 0 radical (unpaired) electrons. The van der Waals surface area contributed by atoms with Crippen LogP contribution in [-0.2, 0) is 11.2 Å². The summed E-state index contributed by atoms with van der Waals surface area (Å²) in [7, 11) is 0. The van der Waals surface area contributed by atoms with E-state index in [9.17, 15) is 4.79 Å². The fraction of sp³-hybridized carbons (Fsp3) is 0.273. The zero-order chi connectivity index (χ0) is 19.5. The highest BCUT2D eigenvalue weighted by molar-refractivity contribution is 6.30. The van der Waals surface area contributed by atoms with Crippen LogP contribution in [0.15, 0.2) is 54.6 Å². The van der Waals surface area contributed by atoms with E-state index in [1.165, 1.54) is 5.56 Å². The number of H-pyrrole nitrogens is 1. The van der Waals surface area contributed by atoms with Crippen molar-refractivity contribution in [2.45, 2.75) is 25.8 Å². The monoisotopic (exact) mass is 394 g/mol. The third-order valence-electron chi connectivity index (χ3n) is 5.04. The molecule has 6 heteroatoms. The van der Waals surface area contributed by atoms with Gasteiger partial charge in [0.15, 0.2) is 5.82 Å². The molecule has 0 aliphatic carbocycles. The Bertz CT molecular complexity index is 967. The zero-order valence-corrected chi connectivity index (χ0v) is 16.5. The van der Waals surface area contributed by atoms with Crippen LogP contribution in [-0.4, -0.2) is 35.2 Å². The van der Waals surface area contributed by atoms with Gasteiger partial charge in [0.2, 0.25) is 5.91 Å². The maximum absolute atomic E-state index is 12.4. The van der Waals surface area contributed by atoms with Crippen LogP contribution in [0.2, 0.25) is 5.02 Å². The summed E-state index contributed by atoms with van der Waals surface area (Å²) < 4.78 is 0. The van der Waals surface area contributed by atoms with Crippen molar-refractivity contribution in [1.82, 2.24) is 15.5 Å². The second kappa shape index (κ2) is 8.07. The molecule has 0 spiro atoms. The summed E-state index contributed by atoms with van der Waals surface area (Å²) in [4.78, 5) is 14.6. The number of carbonyl (C=O) groups is 1. The molecule has 1 aliphatic heterocycles. The van der Waals surface area contributed by atoms with E-state index in [0.717, 1.165) is 42.1 Å². The van der Waals surface area contributed by atoms with Crippen LogP contribution in [0.1, 0.15) is 17.5 Å². The van der Waals surface area contributed by atoms with Crippen LogP contribution in [0.25, 0.3) is 11.3 Å². The summed E-state index contributed by atoms with van der Waals surface area (Å²) in [5, 5.41) is 11.4. The van der Waals surface area contributed by atoms with E-state index < -0.39 is 0 Å². The zero-order valence-electron chi connectivity index (χ0n) is 15.8. The Morgan fingerprint density at radius 3 is 2.86 bits per heavy atom. The minimum absolute atomic E-state index is 0.0707. The number of nitrogens with one attached hydrogen (secondary N) is 2. The molecular weight excluding hydrogens is 372 g/mol. The first-order valence-electron chi connectivity index (χ1n) is 9.48. The molecule has 2 aromatic carbocycles. The van der Waals surface area contributed by atoms with Crippen LogP contribution >= 0.6 is 11.6 Å². The van der Waals surface area contributed by atoms with E-state index >= 15 is 0 Å². The number of aromatic nitrogens is 2. The van der Waals surface area contributed by atoms with Gasteiger partial charge in [0.05, 0.1) is 12.1 Å². The first-order chi connectivity index (χ1) is 13.6. The van der Waals surface area contributed by atoms with E-state index in [1.54, 1.807) is 0 Å². The van der Waals surface area contributed by atoms with Crippen molar-refractivity contribution in [3.63, 3.8) is 0 Å². The van der Waals surface area contributed by atoms with Gasteiger partial charge in [-0.2, -0.15) is 5.10 Å². The molecular formula is C22H23ClN4O. The Hall–Kier alpha value is -2.79. The highest BCUT2D eigenvalue weighted by atomic mass is 35.5.